The Morgan fingerprint density at radius 3 is 2.48 bits per heavy atom. The van der Waals surface area contributed by atoms with Crippen molar-refractivity contribution in [1.29, 1.82) is 0 Å². The Kier molecular flexibility index (Phi) is 5.11. The zero-order valence-corrected chi connectivity index (χ0v) is 13.0. The maximum atomic E-state index is 11.9. The second-order valence-electron chi connectivity index (χ2n) is 4.37. The molecule has 5 heteroatoms. The summed E-state index contributed by atoms with van der Waals surface area (Å²) in [6, 6.07) is 14.2. The van der Waals surface area contributed by atoms with Crippen LogP contribution in [0.4, 0.5) is 5.69 Å². The van der Waals surface area contributed by atoms with Gasteiger partial charge in [-0.05, 0) is 47.1 Å². The normalized spacial score (nSPS) is 10.0. The van der Waals surface area contributed by atoms with Crippen LogP contribution in [0, 0.1) is 0 Å². The van der Waals surface area contributed by atoms with Crippen molar-refractivity contribution in [3.63, 3.8) is 0 Å². The second kappa shape index (κ2) is 7.04. The van der Waals surface area contributed by atoms with Gasteiger partial charge in [0.2, 0.25) is 0 Å². The molecule has 2 rings (SSSR count). The third-order valence-electron chi connectivity index (χ3n) is 2.78. The van der Waals surface area contributed by atoms with Crippen LogP contribution in [0.15, 0.2) is 53.0 Å². The number of ether oxygens (including phenoxy) is 1. The third kappa shape index (κ3) is 4.16. The lowest BCUT2D eigenvalue weighted by atomic mass is 10.1. The number of ketones is 1. The summed E-state index contributed by atoms with van der Waals surface area (Å²) < 4.78 is 6.21. The van der Waals surface area contributed by atoms with Gasteiger partial charge in [0, 0.05) is 5.56 Å². The Bertz CT molecular complexity index is 670. The zero-order chi connectivity index (χ0) is 15.2. The average molecular weight is 348 g/mol. The topological polar surface area (TPSA) is 55.4 Å². The molecule has 21 heavy (non-hydrogen) atoms. The number of halogens is 1. The number of Topliss-reactive ketones (excluding diaryl/α,β-unsaturated/α-hetero) is 1. The monoisotopic (exact) mass is 347 g/mol. The van der Waals surface area contributed by atoms with Crippen LogP contribution in [-0.2, 0) is 4.79 Å². The highest BCUT2D eigenvalue weighted by Crippen LogP contribution is 2.23. The van der Waals surface area contributed by atoms with Crippen molar-refractivity contribution >= 4 is 33.3 Å². The molecule has 0 heterocycles. The molecule has 0 saturated heterocycles. The fourth-order valence-corrected chi connectivity index (χ4v) is 2.19. The molecule has 0 aliphatic carbocycles. The zero-order valence-electron chi connectivity index (χ0n) is 11.4. The highest BCUT2D eigenvalue weighted by Gasteiger charge is 2.10. The van der Waals surface area contributed by atoms with Crippen LogP contribution in [0.3, 0.4) is 0 Å². The molecular formula is C16H14BrNO3. The van der Waals surface area contributed by atoms with E-state index in [1.807, 2.05) is 18.2 Å². The van der Waals surface area contributed by atoms with Gasteiger partial charge in [-0.1, -0.05) is 24.3 Å². The molecule has 0 bridgehead atoms. The van der Waals surface area contributed by atoms with Gasteiger partial charge in [0.25, 0.3) is 5.91 Å². The van der Waals surface area contributed by atoms with E-state index in [2.05, 4.69) is 21.2 Å². The van der Waals surface area contributed by atoms with Gasteiger partial charge in [-0.3, -0.25) is 9.59 Å². The molecule has 0 aliphatic heterocycles. The van der Waals surface area contributed by atoms with E-state index >= 15 is 0 Å². The van der Waals surface area contributed by atoms with E-state index in [0.29, 0.717) is 17.0 Å². The van der Waals surface area contributed by atoms with Crippen molar-refractivity contribution in [3.05, 3.63) is 58.6 Å². The highest BCUT2D eigenvalue weighted by molar-refractivity contribution is 9.10. The SMILES string of the molecule is CC(=O)c1ccccc1NC(=O)COc1ccccc1Br. The van der Waals surface area contributed by atoms with Gasteiger partial charge < -0.3 is 10.1 Å². The average Bonchev–Trinajstić information content (AvgIpc) is 2.47. The first-order valence-electron chi connectivity index (χ1n) is 6.35. The van der Waals surface area contributed by atoms with Gasteiger partial charge >= 0.3 is 0 Å². The van der Waals surface area contributed by atoms with Crippen LogP contribution in [0.5, 0.6) is 5.75 Å². The lowest BCUT2D eigenvalue weighted by Crippen LogP contribution is -2.21. The Labute approximate surface area is 131 Å². The molecule has 1 N–H and O–H groups in total. The van der Waals surface area contributed by atoms with E-state index in [4.69, 9.17) is 4.74 Å². The first-order valence-corrected chi connectivity index (χ1v) is 7.14. The summed E-state index contributed by atoms with van der Waals surface area (Å²) in [6.07, 6.45) is 0. The number of hydrogen-bond acceptors (Lipinski definition) is 3. The van der Waals surface area contributed by atoms with Crippen LogP contribution in [0.1, 0.15) is 17.3 Å². The first kappa shape index (κ1) is 15.3. The molecule has 0 fully saturated rings. The molecule has 0 spiro atoms. The summed E-state index contributed by atoms with van der Waals surface area (Å²) in [6.45, 7) is 1.33. The Morgan fingerprint density at radius 2 is 1.76 bits per heavy atom. The number of benzene rings is 2. The lowest BCUT2D eigenvalue weighted by Gasteiger charge is -2.10. The maximum absolute atomic E-state index is 11.9. The molecular weight excluding hydrogens is 334 g/mol. The Hall–Kier alpha value is -2.14. The number of nitrogens with one attached hydrogen (secondary N) is 1. The van der Waals surface area contributed by atoms with Crippen molar-refractivity contribution < 1.29 is 14.3 Å². The molecule has 4 nitrogen and oxygen atoms in total. The standard InChI is InChI=1S/C16H14BrNO3/c1-11(19)12-6-2-4-8-14(12)18-16(20)10-21-15-9-5-3-7-13(15)17/h2-9H,10H2,1H3,(H,18,20). The van der Waals surface area contributed by atoms with E-state index in [9.17, 15) is 9.59 Å². The van der Waals surface area contributed by atoms with E-state index in [1.165, 1.54) is 6.92 Å². The van der Waals surface area contributed by atoms with Crippen molar-refractivity contribution in [1.82, 2.24) is 0 Å². The van der Waals surface area contributed by atoms with Crippen molar-refractivity contribution in [2.45, 2.75) is 6.92 Å². The predicted molar refractivity (Wildman–Crippen MR) is 84.7 cm³/mol. The van der Waals surface area contributed by atoms with Crippen LogP contribution >= 0.6 is 15.9 Å². The molecule has 0 aromatic heterocycles. The largest absolute Gasteiger partial charge is 0.483 e. The van der Waals surface area contributed by atoms with E-state index in [-0.39, 0.29) is 18.3 Å². The minimum absolute atomic E-state index is 0.0994. The third-order valence-corrected chi connectivity index (χ3v) is 3.43. The molecule has 0 atom stereocenters. The summed E-state index contributed by atoms with van der Waals surface area (Å²) >= 11 is 3.34. The van der Waals surface area contributed by atoms with E-state index in [0.717, 1.165) is 4.47 Å². The molecule has 2 aromatic rings. The summed E-state index contributed by atoms with van der Waals surface area (Å²) in [5.41, 5.74) is 0.970. The molecule has 0 radical (unpaired) electrons. The number of carbonyl (C=O) groups is 2. The second-order valence-corrected chi connectivity index (χ2v) is 5.22. The number of anilines is 1. The van der Waals surface area contributed by atoms with Crippen molar-refractivity contribution in [3.8, 4) is 5.75 Å². The van der Waals surface area contributed by atoms with Crippen LogP contribution < -0.4 is 10.1 Å². The molecule has 2 aromatic carbocycles. The number of hydrogen-bond donors (Lipinski definition) is 1. The summed E-state index contributed by atoms with van der Waals surface area (Å²) in [5.74, 6) is 0.171. The van der Waals surface area contributed by atoms with E-state index in [1.54, 1.807) is 30.3 Å². The smallest absolute Gasteiger partial charge is 0.262 e. The van der Waals surface area contributed by atoms with Crippen LogP contribution in [0.2, 0.25) is 0 Å². The quantitative estimate of drug-likeness (QED) is 0.839. The number of amides is 1. The van der Waals surface area contributed by atoms with Gasteiger partial charge in [-0.15, -0.1) is 0 Å². The lowest BCUT2D eigenvalue weighted by molar-refractivity contribution is -0.118. The summed E-state index contributed by atoms with van der Waals surface area (Å²) in [7, 11) is 0. The molecule has 0 aliphatic rings. The van der Waals surface area contributed by atoms with Crippen molar-refractivity contribution in [2.24, 2.45) is 0 Å². The first-order chi connectivity index (χ1) is 10.1. The van der Waals surface area contributed by atoms with Gasteiger partial charge in [0.05, 0.1) is 10.2 Å². The molecule has 0 saturated carbocycles. The summed E-state index contributed by atoms with van der Waals surface area (Å²) in [4.78, 5) is 23.4. The van der Waals surface area contributed by atoms with Gasteiger partial charge in [0.15, 0.2) is 12.4 Å². The molecule has 0 unspecified atom stereocenters. The predicted octanol–water partition coefficient (Wildman–Crippen LogP) is 3.67. The highest BCUT2D eigenvalue weighted by atomic mass is 79.9. The molecule has 108 valence electrons. The minimum atomic E-state index is -0.320. The van der Waals surface area contributed by atoms with Gasteiger partial charge in [0.1, 0.15) is 5.75 Å². The maximum Gasteiger partial charge on any atom is 0.262 e. The van der Waals surface area contributed by atoms with Crippen molar-refractivity contribution in [2.75, 3.05) is 11.9 Å². The van der Waals surface area contributed by atoms with Gasteiger partial charge in [-0.2, -0.15) is 0 Å². The number of rotatable bonds is 5. The fourth-order valence-electron chi connectivity index (χ4n) is 1.79. The molecule has 1 amide bonds. The Balaban J connectivity index is 2.00. The minimum Gasteiger partial charge on any atom is -0.483 e. The Morgan fingerprint density at radius 1 is 1.10 bits per heavy atom. The van der Waals surface area contributed by atoms with Crippen LogP contribution in [0.25, 0.3) is 0 Å². The van der Waals surface area contributed by atoms with E-state index < -0.39 is 0 Å². The van der Waals surface area contributed by atoms with Crippen LogP contribution in [-0.4, -0.2) is 18.3 Å². The number of carbonyl (C=O) groups excluding carboxylic acids is 2. The number of para-hydroxylation sites is 2. The summed E-state index contributed by atoms with van der Waals surface area (Å²) in [5, 5.41) is 2.68. The van der Waals surface area contributed by atoms with Gasteiger partial charge in [-0.25, -0.2) is 0 Å². The fraction of sp³-hybridized carbons (Fsp3) is 0.125.